The fourth-order valence-electron chi connectivity index (χ4n) is 2.42. The molecular weight excluding hydrogens is 348 g/mol. The van der Waals surface area contributed by atoms with Gasteiger partial charge < -0.3 is 24.8 Å². The molecule has 3 amide bonds. The third kappa shape index (κ3) is 7.49. The first kappa shape index (κ1) is 20.4. The van der Waals surface area contributed by atoms with Crippen LogP contribution in [0.4, 0.5) is 10.6 Å². The zero-order valence-corrected chi connectivity index (χ0v) is 15.7. The summed E-state index contributed by atoms with van der Waals surface area (Å²) < 4.78 is 10.2. The maximum absolute atomic E-state index is 12.5. The Hall–Kier alpha value is -2.87. The summed E-state index contributed by atoms with van der Waals surface area (Å²) in [5, 5.41) is 9.20. The minimum atomic E-state index is -0.338. The standard InChI is InChI=1S/C19H26N4O4/c1-3-26-11-7-10-23(14-18(24)21-17-12-15(2)27-22-17)19(25)20-13-16-8-5-4-6-9-16/h4-6,8-9,12H,3,7,10-11,13-14H2,1-2H3,(H,20,25)(H,21,22,24). The van der Waals surface area contributed by atoms with E-state index < -0.39 is 0 Å². The number of carbonyl (C=O) groups excluding carboxylic acids is 2. The topological polar surface area (TPSA) is 96.7 Å². The van der Waals surface area contributed by atoms with Gasteiger partial charge in [-0.2, -0.15) is 0 Å². The molecule has 1 aromatic carbocycles. The summed E-state index contributed by atoms with van der Waals surface area (Å²) in [7, 11) is 0. The van der Waals surface area contributed by atoms with Crippen molar-refractivity contribution in [2.75, 3.05) is 31.6 Å². The highest BCUT2D eigenvalue weighted by atomic mass is 16.5. The Morgan fingerprint density at radius 1 is 1.26 bits per heavy atom. The molecule has 1 heterocycles. The quantitative estimate of drug-likeness (QED) is 0.623. The Kier molecular flexibility index (Phi) is 8.31. The number of ether oxygens (including phenoxy) is 1. The van der Waals surface area contributed by atoms with Crippen LogP contribution in [0.25, 0.3) is 0 Å². The third-order valence-electron chi connectivity index (χ3n) is 3.72. The monoisotopic (exact) mass is 374 g/mol. The molecule has 146 valence electrons. The number of rotatable bonds is 10. The number of nitrogens with zero attached hydrogens (tertiary/aromatic N) is 2. The van der Waals surface area contributed by atoms with Gasteiger partial charge in [0.2, 0.25) is 5.91 Å². The van der Waals surface area contributed by atoms with Gasteiger partial charge in [-0.05, 0) is 25.8 Å². The van der Waals surface area contributed by atoms with Gasteiger partial charge in [0, 0.05) is 32.4 Å². The summed E-state index contributed by atoms with van der Waals surface area (Å²) in [6.07, 6.45) is 0.642. The van der Waals surface area contributed by atoms with E-state index in [0.29, 0.717) is 44.3 Å². The average molecular weight is 374 g/mol. The molecular formula is C19H26N4O4. The zero-order valence-electron chi connectivity index (χ0n) is 15.7. The van der Waals surface area contributed by atoms with Crippen LogP contribution in [0.2, 0.25) is 0 Å². The van der Waals surface area contributed by atoms with Gasteiger partial charge >= 0.3 is 6.03 Å². The van der Waals surface area contributed by atoms with Crippen LogP contribution in [0.1, 0.15) is 24.7 Å². The number of amides is 3. The molecule has 0 bridgehead atoms. The lowest BCUT2D eigenvalue weighted by molar-refractivity contribution is -0.116. The van der Waals surface area contributed by atoms with Gasteiger partial charge in [0.1, 0.15) is 12.3 Å². The summed E-state index contributed by atoms with van der Waals surface area (Å²) in [6, 6.07) is 10.9. The molecule has 0 atom stereocenters. The van der Waals surface area contributed by atoms with Crippen molar-refractivity contribution in [2.45, 2.75) is 26.8 Å². The van der Waals surface area contributed by atoms with Gasteiger partial charge in [0.25, 0.3) is 0 Å². The second-order valence-electron chi connectivity index (χ2n) is 5.99. The first-order valence-electron chi connectivity index (χ1n) is 8.96. The van der Waals surface area contributed by atoms with Crippen molar-refractivity contribution in [2.24, 2.45) is 0 Å². The Bertz CT molecular complexity index is 718. The van der Waals surface area contributed by atoms with Crippen molar-refractivity contribution >= 4 is 17.8 Å². The Balaban J connectivity index is 1.89. The first-order valence-corrected chi connectivity index (χ1v) is 8.96. The van der Waals surface area contributed by atoms with Crippen molar-refractivity contribution in [1.29, 1.82) is 0 Å². The van der Waals surface area contributed by atoms with Crippen LogP contribution in [-0.2, 0) is 16.1 Å². The number of benzene rings is 1. The summed E-state index contributed by atoms with van der Waals surface area (Å²) in [5.74, 6) is 0.588. The lowest BCUT2D eigenvalue weighted by Crippen LogP contribution is -2.44. The summed E-state index contributed by atoms with van der Waals surface area (Å²) >= 11 is 0. The highest BCUT2D eigenvalue weighted by Crippen LogP contribution is 2.07. The van der Waals surface area contributed by atoms with Crippen LogP contribution in [0.15, 0.2) is 40.9 Å². The maximum atomic E-state index is 12.5. The number of aromatic nitrogens is 1. The van der Waals surface area contributed by atoms with Crippen LogP contribution < -0.4 is 10.6 Å². The summed E-state index contributed by atoms with van der Waals surface area (Å²) in [4.78, 5) is 26.2. The Labute approximate surface area is 158 Å². The van der Waals surface area contributed by atoms with E-state index >= 15 is 0 Å². The third-order valence-corrected chi connectivity index (χ3v) is 3.72. The van der Waals surface area contributed by atoms with Crippen molar-refractivity contribution in [3.05, 3.63) is 47.7 Å². The van der Waals surface area contributed by atoms with Crippen LogP contribution in [0.3, 0.4) is 0 Å². The van der Waals surface area contributed by atoms with Crippen LogP contribution in [0, 0.1) is 6.92 Å². The highest BCUT2D eigenvalue weighted by molar-refractivity contribution is 5.93. The van der Waals surface area contributed by atoms with Gasteiger partial charge in [-0.15, -0.1) is 0 Å². The van der Waals surface area contributed by atoms with Crippen LogP contribution in [-0.4, -0.2) is 48.3 Å². The van der Waals surface area contributed by atoms with Crippen molar-refractivity contribution in [1.82, 2.24) is 15.4 Å². The van der Waals surface area contributed by atoms with Crippen LogP contribution in [0.5, 0.6) is 0 Å². The van der Waals surface area contributed by atoms with Gasteiger partial charge in [0.05, 0.1) is 0 Å². The first-order chi connectivity index (χ1) is 13.1. The van der Waals surface area contributed by atoms with E-state index in [0.717, 1.165) is 5.56 Å². The molecule has 0 aliphatic carbocycles. The number of anilines is 1. The summed E-state index contributed by atoms with van der Waals surface area (Å²) in [6.45, 7) is 5.52. The van der Waals surface area contributed by atoms with E-state index in [2.05, 4.69) is 15.8 Å². The van der Waals surface area contributed by atoms with E-state index in [1.165, 1.54) is 4.90 Å². The number of nitrogens with one attached hydrogen (secondary N) is 2. The SMILES string of the molecule is CCOCCCN(CC(=O)Nc1cc(C)on1)C(=O)NCc1ccccc1. The van der Waals surface area contributed by atoms with Crippen molar-refractivity contribution < 1.29 is 18.8 Å². The molecule has 0 spiro atoms. The zero-order chi connectivity index (χ0) is 19.5. The molecule has 1 aromatic heterocycles. The molecule has 0 radical (unpaired) electrons. The van der Waals surface area contributed by atoms with Gasteiger partial charge in [-0.3, -0.25) is 4.79 Å². The van der Waals surface area contributed by atoms with E-state index in [4.69, 9.17) is 9.26 Å². The summed E-state index contributed by atoms with van der Waals surface area (Å²) in [5.41, 5.74) is 0.989. The van der Waals surface area contributed by atoms with Crippen LogP contribution >= 0.6 is 0 Å². The van der Waals surface area contributed by atoms with E-state index in [1.807, 2.05) is 37.3 Å². The van der Waals surface area contributed by atoms with Crippen molar-refractivity contribution in [3.8, 4) is 0 Å². The van der Waals surface area contributed by atoms with E-state index in [-0.39, 0.29) is 18.5 Å². The molecule has 2 aromatic rings. The Morgan fingerprint density at radius 3 is 2.70 bits per heavy atom. The Morgan fingerprint density at radius 2 is 2.04 bits per heavy atom. The largest absolute Gasteiger partial charge is 0.382 e. The number of urea groups is 1. The van der Waals surface area contributed by atoms with Gasteiger partial charge in [0.15, 0.2) is 5.82 Å². The number of aryl methyl sites for hydroxylation is 1. The van der Waals surface area contributed by atoms with Crippen molar-refractivity contribution in [3.63, 3.8) is 0 Å². The molecule has 0 unspecified atom stereocenters. The molecule has 8 nitrogen and oxygen atoms in total. The average Bonchev–Trinajstić information content (AvgIpc) is 3.07. The molecule has 0 fully saturated rings. The number of hydrogen-bond acceptors (Lipinski definition) is 5. The molecule has 27 heavy (non-hydrogen) atoms. The molecule has 2 rings (SSSR count). The normalized spacial score (nSPS) is 10.4. The molecule has 0 saturated heterocycles. The highest BCUT2D eigenvalue weighted by Gasteiger charge is 2.17. The van der Waals surface area contributed by atoms with E-state index in [1.54, 1.807) is 13.0 Å². The van der Waals surface area contributed by atoms with E-state index in [9.17, 15) is 9.59 Å². The number of hydrogen-bond donors (Lipinski definition) is 2. The van der Waals surface area contributed by atoms with Gasteiger partial charge in [-0.25, -0.2) is 4.79 Å². The lowest BCUT2D eigenvalue weighted by atomic mass is 10.2. The minimum Gasteiger partial charge on any atom is -0.382 e. The second kappa shape index (κ2) is 11.0. The number of carbonyl (C=O) groups is 2. The predicted molar refractivity (Wildman–Crippen MR) is 101 cm³/mol. The molecule has 0 aliphatic rings. The fourth-order valence-corrected chi connectivity index (χ4v) is 2.42. The smallest absolute Gasteiger partial charge is 0.318 e. The predicted octanol–water partition coefficient (Wildman–Crippen LogP) is 2.56. The maximum Gasteiger partial charge on any atom is 0.318 e. The lowest BCUT2D eigenvalue weighted by Gasteiger charge is -2.22. The second-order valence-corrected chi connectivity index (χ2v) is 5.99. The molecule has 0 saturated carbocycles. The molecule has 0 aliphatic heterocycles. The molecule has 2 N–H and O–H groups in total. The fraction of sp³-hybridized carbons (Fsp3) is 0.421. The minimum absolute atomic E-state index is 0.0847. The van der Waals surface area contributed by atoms with Gasteiger partial charge in [-0.1, -0.05) is 35.5 Å². The molecule has 8 heteroatoms.